The number of aromatic nitrogens is 2. The molecule has 1 fully saturated rings. The average molecular weight is 265 g/mol. The van der Waals surface area contributed by atoms with Gasteiger partial charge in [-0.05, 0) is 25.2 Å². The van der Waals surface area contributed by atoms with E-state index in [2.05, 4.69) is 4.98 Å². The number of nitrogens with zero attached hydrogens (tertiary/aromatic N) is 3. The molecule has 1 aromatic heterocycles. The van der Waals surface area contributed by atoms with Crippen LogP contribution in [0, 0.1) is 5.92 Å². The van der Waals surface area contributed by atoms with Gasteiger partial charge in [0.2, 0.25) is 0 Å². The molecule has 19 heavy (non-hydrogen) atoms. The minimum Gasteiger partial charge on any atom is -0.481 e. The van der Waals surface area contributed by atoms with Gasteiger partial charge < -0.3 is 14.6 Å². The molecule has 104 valence electrons. The molecular formula is C13H19N3O3. The Morgan fingerprint density at radius 2 is 2.32 bits per heavy atom. The molecule has 0 saturated carbocycles. The molecule has 0 aromatic carbocycles. The van der Waals surface area contributed by atoms with Gasteiger partial charge in [-0.25, -0.2) is 4.98 Å². The van der Waals surface area contributed by atoms with Crippen LogP contribution < -0.4 is 0 Å². The number of hydrogen-bond acceptors (Lipinski definition) is 3. The van der Waals surface area contributed by atoms with Crippen molar-refractivity contribution in [2.24, 2.45) is 13.0 Å². The summed E-state index contributed by atoms with van der Waals surface area (Å²) < 4.78 is 1.71. The van der Waals surface area contributed by atoms with Crippen molar-refractivity contribution in [1.29, 1.82) is 0 Å². The Bertz CT molecular complexity index is 469. The average Bonchev–Trinajstić information content (AvgIpc) is 2.82. The molecule has 1 aliphatic rings. The molecule has 2 rings (SSSR count). The van der Waals surface area contributed by atoms with Crippen molar-refractivity contribution in [3.63, 3.8) is 0 Å². The summed E-state index contributed by atoms with van der Waals surface area (Å²) in [6.07, 6.45) is 5.95. The van der Waals surface area contributed by atoms with Crippen molar-refractivity contribution < 1.29 is 14.7 Å². The van der Waals surface area contributed by atoms with Gasteiger partial charge in [0, 0.05) is 26.6 Å². The number of aryl methyl sites for hydroxylation is 1. The van der Waals surface area contributed by atoms with E-state index in [9.17, 15) is 9.59 Å². The minimum absolute atomic E-state index is 0.0139. The third-order valence-electron chi connectivity index (χ3n) is 3.61. The first-order valence-electron chi connectivity index (χ1n) is 6.55. The molecule has 1 unspecified atom stereocenters. The quantitative estimate of drug-likeness (QED) is 0.885. The Balaban J connectivity index is 1.95. The molecule has 1 aromatic rings. The lowest BCUT2D eigenvalue weighted by Gasteiger charge is -2.32. The van der Waals surface area contributed by atoms with Crippen LogP contribution in [0.5, 0.6) is 0 Å². The fraction of sp³-hybridized carbons (Fsp3) is 0.615. The summed E-state index contributed by atoms with van der Waals surface area (Å²) in [5.74, 6) is -0.489. The Morgan fingerprint density at radius 1 is 1.53 bits per heavy atom. The van der Waals surface area contributed by atoms with E-state index >= 15 is 0 Å². The van der Waals surface area contributed by atoms with Crippen LogP contribution in [0.1, 0.15) is 36.2 Å². The summed E-state index contributed by atoms with van der Waals surface area (Å²) in [6, 6.07) is 0. The van der Waals surface area contributed by atoms with Gasteiger partial charge in [-0.1, -0.05) is 0 Å². The van der Waals surface area contributed by atoms with Crippen molar-refractivity contribution >= 4 is 11.9 Å². The summed E-state index contributed by atoms with van der Waals surface area (Å²) in [7, 11) is 1.80. The third-order valence-corrected chi connectivity index (χ3v) is 3.61. The monoisotopic (exact) mass is 265 g/mol. The highest BCUT2D eigenvalue weighted by Crippen LogP contribution is 2.22. The largest absolute Gasteiger partial charge is 0.481 e. The second kappa shape index (κ2) is 5.86. The van der Waals surface area contributed by atoms with Crippen LogP contribution in [0.25, 0.3) is 0 Å². The Kier molecular flexibility index (Phi) is 4.19. The van der Waals surface area contributed by atoms with Gasteiger partial charge >= 0.3 is 5.97 Å². The van der Waals surface area contributed by atoms with E-state index in [1.807, 2.05) is 4.90 Å². The first-order chi connectivity index (χ1) is 9.08. The number of likely N-dealkylation sites (tertiary alicyclic amines) is 1. The molecular weight excluding hydrogens is 246 g/mol. The Hall–Kier alpha value is -1.85. The van der Waals surface area contributed by atoms with Gasteiger partial charge in [0.25, 0.3) is 5.91 Å². The lowest BCUT2D eigenvalue weighted by Crippen LogP contribution is -2.40. The zero-order valence-corrected chi connectivity index (χ0v) is 11.1. The number of carbonyl (C=O) groups is 2. The van der Waals surface area contributed by atoms with Gasteiger partial charge in [-0.15, -0.1) is 0 Å². The van der Waals surface area contributed by atoms with Crippen molar-refractivity contribution in [3.05, 3.63) is 18.2 Å². The number of rotatable bonds is 4. The second-order valence-electron chi connectivity index (χ2n) is 5.08. The summed E-state index contributed by atoms with van der Waals surface area (Å²) in [5, 5.41) is 8.71. The molecule has 0 spiro atoms. The first kappa shape index (κ1) is 13.6. The number of aliphatic carboxylic acids is 1. The maximum Gasteiger partial charge on any atom is 0.303 e. The molecule has 2 heterocycles. The topological polar surface area (TPSA) is 75.4 Å². The number of piperidine rings is 1. The van der Waals surface area contributed by atoms with Crippen LogP contribution in [-0.2, 0) is 11.8 Å². The van der Waals surface area contributed by atoms with E-state index < -0.39 is 5.97 Å². The van der Waals surface area contributed by atoms with E-state index in [4.69, 9.17) is 5.11 Å². The highest BCUT2D eigenvalue weighted by atomic mass is 16.4. The maximum atomic E-state index is 12.3. The highest BCUT2D eigenvalue weighted by Gasteiger charge is 2.26. The molecule has 0 bridgehead atoms. The molecule has 0 radical (unpaired) electrons. The van der Waals surface area contributed by atoms with E-state index in [1.165, 1.54) is 0 Å². The SMILES string of the molecule is Cn1cncc1C(=O)N1CCCC(CCC(=O)O)C1. The zero-order chi connectivity index (χ0) is 13.8. The number of carbonyl (C=O) groups excluding carboxylic acids is 1. The van der Waals surface area contributed by atoms with Gasteiger partial charge in [0.05, 0.1) is 12.5 Å². The van der Waals surface area contributed by atoms with Crippen LogP contribution in [0.2, 0.25) is 0 Å². The van der Waals surface area contributed by atoms with Crippen LogP contribution in [0.4, 0.5) is 0 Å². The van der Waals surface area contributed by atoms with E-state index in [0.29, 0.717) is 24.6 Å². The molecule has 6 nitrogen and oxygen atoms in total. The number of amides is 1. The van der Waals surface area contributed by atoms with Crippen LogP contribution >= 0.6 is 0 Å². The maximum absolute atomic E-state index is 12.3. The molecule has 6 heteroatoms. The molecule has 1 saturated heterocycles. The van der Waals surface area contributed by atoms with Gasteiger partial charge in [-0.3, -0.25) is 9.59 Å². The van der Waals surface area contributed by atoms with Gasteiger partial charge in [0.15, 0.2) is 0 Å². The second-order valence-corrected chi connectivity index (χ2v) is 5.08. The fourth-order valence-corrected chi connectivity index (χ4v) is 2.54. The van der Waals surface area contributed by atoms with Crippen molar-refractivity contribution in [2.45, 2.75) is 25.7 Å². The van der Waals surface area contributed by atoms with E-state index in [-0.39, 0.29) is 12.3 Å². The van der Waals surface area contributed by atoms with Crippen LogP contribution in [0.3, 0.4) is 0 Å². The van der Waals surface area contributed by atoms with E-state index in [1.54, 1.807) is 24.1 Å². The predicted octanol–water partition coefficient (Wildman–Crippen LogP) is 1.14. The Morgan fingerprint density at radius 3 is 2.95 bits per heavy atom. The fourth-order valence-electron chi connectivity index (χ4n) is 2.54. The summed E-state index contributed by atoms with van der Waals surface area (Å²) in [5.41, 5.74) is 0.582. The number of hydrogen-bond donors (Lipinski definition) is 1. The van der Waals surface area contributed by atoms with E-state index in [0.717, 1.165) is 19.4 Å². The van der Waals surface area contributed by atoms with Crippen molar-refractivity contribution in [1.82, 2.24) is 14.5 Å². The number of imidazole rings is 1. The predicted molar refractivity (Wildman–Crippen MR) is 68.7 cm³/mol. The molecule has 1 atom stereocenters. The normalized spacial score (nSPS) is 19.4. The van der Waals surface area contributed by atoms with Crippen LogP contribution in [-0.4, -0.2) is 44.5 Å². The highest BCUT2D eigenvalue weighted by molar-refractivity contribution is 5.92. The molecule has 1 N–H and O–H groups in total. The third kappa shape index (κ3) is 3.33. The smallest absolute Gasteiger partial charge is 0.303 e. The number of carboxylic acids is 1. The Labute approximate surface area is 112 Å². The minimum atomic E-state index is -0.768. The van der Waals surface area contributed by atoms with Crippen LogP contribution in [0.15, 0.2) is 12.5 Å². The zero-order valence-electron chi connectivity index (χ0n) is 11.1. The van der Waals surface area contributed by atoms with Gasteiger partial charge in [0.1, 0.15) is 5.69 Å². The van der Waals surface area contributed by atoms with Crippen molar-refractivity contribution in [3.8, 4) is 0 Å². The number of carboxylic acid groups (broad SMARTS) is 1. The van der Waals surface area contributed by atoms with Gasteiger partial charge in [-0.2, -0.15) is 0 Å². The lowest BCUT2D eigenvalue weighted by molar-refractivity contribution is -0.137. The molecule has 1 amide bonds. The standard InChI is InChI=1S/C13H19N3O3/c1-15-9-14-7-11(15)13(19)16-6-2-3-10(8-16)4-5-12(17)18/h7,9-10H,2-6,8H2,1H3,(H,17,18). The molecule has 1 aliphatic heterocycles. The summed E-state index contributed by atoms with van der Waals surface area (Å²) in [6.45, 7) is 1.39. The lowest BCUT2D eigenvalue weighted by atomic mass is 9.93. The summed E-state index contributed by atoms with van der Waals surface area (Å²) in [4.78, 5) is 28.7. The summed E-state index contributed by atoms with van der Waals surface area (Å²) >= 11 is 0. The first-order valence-corrected chi connectivity index (χ1v) is 6.55. The van der Waals surface area contributed by atoms with Crippen molar-refractivity contribution in [2.75, 3.05) is 13.1 Å². The molecule has 0 aliphatic carbocycles.